The van der Waals surface area contributed by atoms with Crippen molar-refractivity contribution >= 4 is 36.2 Å². The third-order valence-corrected chi connectivity index (χ3v) is 5.83. The highest BCUT2D eigenvalue weighted by molar-refractivity contribution is 7.57. The van der Waals surface area contributed by atoms with Gasteiger partial charge in [-0.25, -0.2) is 15.0 Å². The van der Waals surface area contributed by atoms with E-state index in [9.17, 15) is 4.57 Å². The first-order chi connectivity index (χ1) is 10.4. The summed E-state index contributed by atoms with van der Waals surface area (Å²) in [5, 5.41) is 0.327. The van der Waals surface area contributed by atoms with Crippen molar-refractivity contribution < 1.29 is 13.6 Å². The van der Waals surface area contributed by atoms with E-state index >= 15 is 0 Å². The fourth-order valence-electron chi connectivity index (χ4n) is 2.31. The molecule has 3 rings (SSSR count). The van der Waals surface area contributed by atoms with E-state index < -0.39 is 13.2 Å². The lowest BCUT2D eigenvalue weighted by atomic mass is 10.1. The molecule has 8 nitrogen and oxygen atoms in total. The molecule has 22 heavy (non-hydrogen) atoms. The number of imidazole rings is 1. The van der Waals surface area contributed by atoms with Crippen LogP contribution in [-0.2, 0) is 20.2 Å². The predicted octanol–water partition coefficient (Wildman–Crippen LogP) is 2.51. The van der Waals surface area contributed by atoms with Gasteiger partial charge in [0, 0.05) is 5.82 Å². The Kier molecular flexibility index (Phi) is 3.72. The van der Waals surface area contributed by atoms with Gasteiger partial charge in [0.05, 0.1) is 24.5 Å². The summed E-state index contributed by atoms with van der Waals surface area (Å²) in [5.74, 6) is 1.64. The molecule has 0 amide bonds. The normalized spacial score (nSPS) is 28.2. The van der Waals surface area contributed by atoms with Crippen molar-refractivity contribution in [1.82, 2.24) is 19.5 Å². The zero-order valence-electron chi connectivity index (χ0n) is 12.1. The van der Waals surface area contributed by atoms with Crippen LogP contribution < -0.4 is 5.73 Å². The zero-order chi connectivity index (χ0) is 16.0. The van der Waals surface area contributed by atoms with E-state index in [0.717, 1.165) is 0 Å². The Hall–Kier alpha value is -1.47. The number of nitrogens with zero attached hydrogens (tertiary/aromatic N) is 4. The fraction of sp³-hybridized carbons (Fsp3) is 0.417. The van der Waals surface area contributed by atoms with Gasteiger partial charge in [0.25, 0.3) is 0 Å². The van der Waals surface area contributed by atoms with Crippen LogP contribution in [0.3, 0.4) is 0 Å². The molecule has 2 N–H and O–H groups in total. The van der Waals surface area contributed by atoms with Gasteiger partial charge in [-0.1, -0.05) is 11.6 Å². The van der Waals surface area contributed by atoms with Crippen LogP contribution in [0.25, 0.3) is 11.2 Å². The highest BCUT2D eigenvalue weighted by atomic mass is 35.5. The molecule has 1 aliphatic heterocycles. The number of nitrogens with two attached hydrogens (primary N) is 1. The number of halogens is 1. The molecule has 0 radical (unpaired) electrons. The maximum Gasteiger partial charge on any atom is 0.356 e. The van der Waals surface area contributed by atoms with Gasteiger partial charge in [-0.05, 0) is 13.8 Å². The van der Waals surface area contributed by atoms with Crippen LogP contribution in [0.4, 0.5) is 5.82 Å². The molecule has 0 saturated carbocycles. The van der Waals surface area contributed by atoms with Crippen LogP contribution in [0.2, 0.25) is 0 Å². The summed E-state index contributed by atoms with van der Waals surface area (Å²) in [6.45, 7) is 4.02. The van der Waals surface area contributed by atoms with Crippen LogP contribution >= 0.6 is 19.2 Å². The molecule has 0 spiro atoms. The van der Waals surface area contributed by atoms with E-state index in [1.807, 2.05) is 0 Å². The first-order valence-corrected chi connectivity index (χ1v) is 8.61. The molecule has 2 aromatic rings. The van der Waals surface area contributed by atoms with Crippen LogP contribution in [0, 0.1) is 0 Å². The first kappa shape index (κ1) is 15.4. The molecule has 2 unspecified atom stereocenters. The molecule has 10 heteroatoms. The molecule has 2 aromatic heterocycles. The minimum absolute atomic E-state index is 0.270. The summed E-state index contributed by atoms with van der Waals surface area (Å²) < 4.78 is 24.9. The maximum atomic E-state index is 12.4. The second kappa shape index (κ2) is 5.31. The maximum absolute atomic E-state index is 12.4. The molecule has 0 bridgehead atoms. The summed E-state index contributed by atoms with van der Waals surface area (Å²) in [5.41, 5.74) is 5.83. The van der Waals surface area contributed by atoms with Gasteiger partial charge in [-0.15, -0.1) is 0 Å². The van der Waals surface area contributed by atoms with Crippen LogP contribution in [-0.4, -0.2) is 31.7 Å². The Morgan fingerprint density at radius 3 is 3.00 bits per heavy atom. The molecular formula is C12H15ClN5O3P. The van der Waals surface area contributed by atoms with Gasteiger partial charge in [-0.2, -0.15) is 0 Å². The van der Waals surface area contributed by atoms with Crippen LogP contribution in [0.15, 0.2) is 23.5 Å². The lowest BCUT2D eigenvalue weighted by Gasteiger charge is -2.25. The fourth-order valence-corrected chi connectivity index (χ4v) is 4.63. The van der Waals surface area contributed by atoms with Crippen molar-refractivity contribution in [2.75, 3.05) is 12.3 Å². The Balaban J connectivity index is 1.94. The summed E-state index contributed by atoms with van der Waals surface area (Å²) in [7, 11) is -3.32. The number of anilines is 1. The van der Waals surface area contributed by atoms with Gasteiger partial charge < -0.3 is 14.8 Å². The number of nitrogen functional groups attached to an aromatic ring is 1. The van der Waals surface area contributed by atoms with E-state index in [4.69, 9.17) is 26.4 Å². The number of rotatable bonds is 4. The SMILES string of the molecule is CCOP1(=O)C=C(Cl)C(C)(Cn2cnc3c(N)ncnc32)O1. The van der Waals surface area contributed by atoms with Crippen molar-refractivity contribution in [1.29, 1.82) is 0 Å². The Bertz CT molecular complexity index is 807. The molecule has 2 atom stereocenters. The highest BCUT2D eigenvalue weighted by Crippen LogP contribution is 2.61. The number of aromatic nitrogens is 4. The van der Waals surface area contributed by atoms with Gasteiger partial charge >= 0.3 is 7.60 Å². The third-order valence-electron chi connectivity index (χ3n) is 3.32. The monoisotopic (exact) mass is 343 g/mol. The summed E-state index contributed by atoms with van der Waals surface area (Å²) in [6.07, 6.45) is 2.93. The summed E-state index contributed by atoms with van der Waals surface area (Å²) in [6, 6.07) is 0. The Morgan fingerprint density at radius 2 is 2.27 bits per heavy atom. The number of hydrogen-bond donors (Lipinski definition) is 1. The Labute approximate surface area is 131 Å². The van der Waals surface area contributed by atoms with Gasteiger partial charge in [0.15, 0.2) is 11.5 Å². The van der Waals surface area contributed by atoms with Crippen LogP contribution in [0.5, 0.6) is 0 Å². The van der Waals surface area contributed by atoms with Gasteiger partial charge in [0.2, 0.25) is 0 Å². The molecule has 0 aromatic carbocycles. The van der Waals surface area contributed by atoms with Crippen molar-refractivity contribution in [3.63, 3.8) is 0 Å². The molecule has 0 saturated heterocycles. The third kappa shape index (κ3) is 2.52. The van der Waals surface area contributed by atoms with Crippen molar-refractivity contribution in [3.05, 3.63) is 23.5 Å². The minimum atomic E-state index is -3.32. The zero-order valence-corrected chi connectivity index (χ0v) is 13.7. The van der Waals surface area contributed by atoms with Crippen molar-refractivity contribution in [2.45, 2.75) is 26.0 Å². The number of fused-ring (bicyclic) bond motifs is 1. The largest absolute Gasteiger partial charge is 0.382 e. The van der Waals surface area contributed by atoms with E-state index in [2.05, 4.69) is 15.0 Å². The standard InChI is InChI=1S/C12H15ClN5O3P/c1-3-20-22(19)4-8(13)12(2,21-22)5-18-7-17-9-10(14)15-6-16-11(9)18/h4,6-7H,3,5H2,1-2H3,(H2,14,15,16). The molecule has 0 fully saturated rings. The topological polar surface area (TPSA) is 105 Å². The molecule has 1 aliphatic rings. The Morgan fingerprint density at radius 1 is 1.50 bits per heavy atom. The smallest absolute Gasteiger partial charge is 0.356 e. The average molecular weight is 344 g/mol. The quantitative estimate of drug-likeness (QED) is 0.850. The van der Waals surface area contributed by atoms with E-state index in [1.54, 1.807) is 24.7 Å². The molecule has 118 valence electrons. The first-order valence-electron chi connectivity index (χ1n) is 6.62. The lowest BCUT2D eigenvalue weighted by molar-refractivity contribution is 0.101. The predicted molar refractivity (Wildman–Crippen MR) is 82.4 cm³/mol. The van der Waals surface area contributed by atoms with E-state index in [0.29, 0.717) is 22.0 Å². The van der Waals surface area contributed by atoms with Gasteiger partial charge in [-0.3, -0.25) is 9.09 Å². The summed E-state index contributed by atoms with van der Waals surface area (Å²) >= 11 is 6.23. The number of hydrogen-bond acceptors (Lipinski definition) is 7. The molecular weight excluding hydrogens is 329 g/mol. The average Bonchev–Trinajstić information content (AvgIpc) is 2.92. The molecule has 3 heterocycles. The molecule has 0 aliphatic carbocycles. The second-order valence-electron chi connectivity index (χ2n) is 5.06. The van der Waals surface area contributed by atoms with Gasteiger partial charge in [0.1, 0.15) is 17.4 Å². The van der Waals surface area contributed by atoms with E-state index in [-0.39, 0.29) is 13.2 Å². The van der Waals surface area contributed by atoms with E-state index in [1.165, 1.54) is 12.1 Å². The summed E-state index contributed by atoms with van der Waals surface area (Å²) in [4.78, 5) is 12.2. The van der Waals surface area contributed by atoms with Crippen molar-refractivity contribution in [3.8, 4) is 0 Å². The highest BCUT2D eigenvalue weighted by Gasteiger charge is 2.45. The van der Waals surface area contributed by atoms with Crippen LogP contribution in [0.1, 0.15) is 13.8 Å². The minimum Gasteiger partial charge on any atom is -0.382 e. The van der Waals surface area contributed by atoms with Crippen molar-refractivity contribution in [2.24, 2.45) is 0 Å². The second-order valence-corrected chi connectivity index (χ2v) is 7.25. The lowest BCUT2D eigenvalue weighted by Crippen LogP contribution is -2.30.